The van der Waals surface area contributed by atoms with Crippen molar-refractivity contribution in [3.8, 4) is 0 Å². The van der Waals surface area contributed by atoms with Crippen LogP contribution in [-0.4, -0.2) is 22.2 Å². The Hall–Kier alpha value is -2.95. The molecule has 3 aromatic rings. The summed E-state index contributed by atoms with van der Waals surface area (Å²) in [5, 5.41) is 4.71. The lowest BCUT2D eigenvalue weighted by Crippen LogP contribution is -2.33. The van der Waals surface area contributed by atoms with Crippen molar-refractivity contribution in [2.75, 3.05) is 11.4 Å². The average Bonchev–Trinajstić information content (AvgIpc) is 3.02. The van der Waals surface area contributed by atoms with E-state index in [1.807, 2.05) is 36.4 Å². The second-order valence-corrected chi connectivity index (χ2v) is 5.61. The number of nitrogens with zero attached hydrogens (tertiary/aromatic N) is 3. The normalized spacial score (nSPS) is 13.3. The Morgan fingerprint density at radius 2 is 1.87 bits per heavy atom. The second-order valence-electron chi connectivity index (χ2n) is 5.61. The molecule has 5 nitrogen and oxygen atoms in total. The molecule has 1 amide bonds. The van der Waals surface area contributed by atoms with Gasteiger partial charge in [-0.3, -0.25) is 14.3 Å². The summed E-state index contributed by atoms with van der Waals surface area (Å²) in [5.74, 6) is -0.0174. The van der Waals surface area contributed by atoms with E-state index in [2.05, 4.69) is 11.2 Å². The minimum atomic E-state index is -0.129. The summed E-state index contributed by atoms with van der Waals surface area (Å²) in [4.78, 5) is 26.4. The van der Waals surface area contributed by atoms with Gasteiger partial charge in [0.15, 0.2) is 0 Å². The summed E-state index contributed by atoms with van der Waals surface area (Å²) in [5.41, 5.74) is 2.72. The lowest BCUT2D eigenvalue weighted by Gasteiger charge is -2.18. The molecule has 0 saturated carbocycles. The third-order valence-electron chi connectivity index (χ3n) is 4.24. The van der Waals surface area contributed by atoms with E-state index >= 15 is 0 Å². The van der Waals surface area contributed by atoms with Crippen LogP contribution in [0.2, 0.25) is 0 Å². The van der Waals surface area contributed by atoms with Crippen LogP contribution in [0.15, 0.2) is 59.5 Å². The second kappa shape index (κ2) is 5.35. The van der Waals surface area contributed by atoms with Crippen molar-refractivity contribution in [1.29, 1.82) is 0 Å². The third-order valence-corrected chi connectivity index (χ3v) is 4.24. The Balaban J connectivity index is 1.68. The molecule has 4 rings (SSSR count). The molecule has 0 aliphatic carbocycles. The monoisotopic (exact) mass is 305 g/mol. The molecule has 0 spiro atoms. The first-order valence-electron chi connectivity index (χ1n) is 7.57. The number of para-hydroxylation sites is 2. The number of carbonyl (C=O) groups is 1. The van der Waals surface area contributed by atoms with E-state index < -0.39 is 0 Å². The van der Waals surface area contributed by atoms with Crippen molar-refractivity contribution in [3.05, 3.63) is 70.5 Å². The molecule has 1 aliphatic rings. The molecule has 0 atom stereocenters. The van der Waals surface area contributed by atoms with Crippen LogP contribution in [-0.2, 0) is 17.8 Å². The zero-order valence-corrected chi connectivity index (χ0v) is 12.5. The summed E-state index contributed by atoms with van der Waals surface area (Å²) in [6.07, 6.45) is 2.15. The van der Waals surface area contributed by atoms with Gasteiger partial charge >= 0.3 is 0 Å². The van der Waals surface area contributed by atoms with Gasteiger partial charge in [0.1, 0.15) is 6.54 Å². The third kappa shape index (κ3) is 2.30. The lowest BCUT2D eigenvalue weighted by molar-refractivity contribution is -0.119. The maximum atomic E-state index is 12.7. The van der Waals surface area contributed by atoms with Gasteiger partial charge in [-0.25, -0.2) is 0 Å². The Kier molecular flexibility index (Phi) is 3.19. The quantitative estimate of drug-likeness (QED) is 0.727. The highest BCUT2D eigenvalue weighted by molar-refractivity contribution is 5.96. The summed E-state index contributed by atoms with van der Waals surface area (Å²) >= 11 is 0. The van der Waals surface area contributed by atoms with Crippen LogP contribution in [0.25, 0.3) is 10.9 Å². The van der Waals surface area contributed by atoms with Gasteiger partial charge in [-0.1, -0.05) is 30.3 Å². The summed E-state index contributed by atoms with van der Waals surface area (Å²) < 4.78 is 1.60. The number of aromatic nitrogens is 2. The predicted octanol–water partition coefficient (Wildman–Crippen LogP) is 1.99. The van der Waals surface area contributed by atoms with Gasteiger partial charge in [0.25, 0.3) is 0 Å². The number of fused-ring (bicyclic) bond motifs is 2. The minimum absolute atomic E-state index is 0.0174. The maximum Gasteiger partial charge on any atom is 0.248 e. The largest absolute Gasteiger partial charge is 0.310 e. The number of amides is 1. The first kappa shape index (κ1) is 13.7. The van der Waals surface area contributed by atoms with E-state index in [-0.39, 0.29) is 17.9 Å². The number of carbonyl (C=O) groups excluding carboxylic acids is 1. The SMILES string of the molecule is O=C(Cn1ncc(=O)c2ccccc21)N1CCc2ccccc21. The summed E-state index contributed by atoms with van der Waals surface area (Å²) in [7, 11) is 0. The zero-order valence-electron chi connectivity index (χ0n) is 12.5. The molecule has 0 saturated heterocycles. The van der Waals surface area contributed by atoms with E-state index in [1.54, 1.807) is 15.6 Å². The van der Waals surface area contributed by atoms with Crippen molar-refractivity contribution >= 4 is 22.5 Å². The molecular weight excluding hydrogens is 290 g/mol. The average molecular weight is 305 g/mol. The first-order chi connectivity index (χ1) is 11.2. The van der Waals surface area contributed by atoms with Crippen molar-refractivity contribution in [3.63, 3.8) is 0 Å². The molecule has 2 heterocycles. The molecule has 114 valence electrons. The highest BCUT2D eigenvalue weighted by atomic mass is 16.2. The maximum absolute atomic E-state index is 12.7. The van der Waals surface area contributed by atoms with Crippen molar-refractivity contribution < 1.29 is 4.79 Å². The Labute approximate surface area is 132 Å². The van der Waals surface area contributed by atoms with Gasteiger partial charge in [0.05, 0.1) is 11.7 Å². The van der Waals surface area contributed by atoms with Crippen LogP contribution in [0, 0.1) is 0 Å². The zero-order chi connectivity index (χ0) is 15.8. The van der Waals surface area contributed by atoms with E-state index in [9.17, 15) is 9.59 Å². The van der Waals surface area contributed by atoms with E-state index in [0.29, 0.717) is 17.4 Å². The molecular formula is C18H15N3O2. The van der Waals surface area contributed by atoms with Gasteiger partial charge in [0.2, 0.25) is 11.3 Å². The molecule has 0 bridgehead atoms. The lowest BCUT2D eigenvalue weighted by atomic mass is 10.2. The molecule has 5 heteroatoms. The van der Waals surface area contributed by atoms with Gasteiger partial charge in [0, 0.05) is 17.6 Å². The molecule has 1 aliphatic heterocycles. The van der Waals surface area contributed by atoms with Crippen molar-refractivity contribution in [1.82, 2.24) is 9.78 Å². The first-order valence-corrected chi connectivity index (χ1v) is 7.57. The number of rotatable bonds is 2. The number of hydrogen-bond donors (Lipinski definition) is 0. The Morgan fingerprint density at radius 1 is 1.09 bits per heavy atom. The minimum Gasteiger partial charge on any atom is -0.310 e. The van der Waals surface area contributed by atoms with Gasteiger partial charge in [-0.15, -0.1) is 0 Å². The van der Waals surface area contributed by atoms with Crippen molar-refractivity contribution in [2.45, 2.75) is 13.0 Å². The highest BCUT2D eigenvalue weighted by Crippen LogP contribution is 2.27. The van der Waals surface area contributed by atoms with Gasteiger partial charge < -0.3 is 4.90 Å². The van der Waals surface area contributed by atoms with Crippen LogP contribution in [0.1, 0.15) is 5.56 Å². The molecule has 0 radical (unpaired) electrons. The Morgan fingerprint density at radius 3 is 2.78 bits per heavy atom. The molecule has 0 N–H and O–H groups in total. The van der Waals surface area contributed by atoms with Crippen LogP contribution in [0.3, 0.4) is 0 Å². The topological polar surface area (TPSA) is 55.2 Å². The Bertz CT molecular complexity index is 962. The standard InChI is InChI=1S/C18H15N3O2/c22-17-11-19-21(16-8-4-2-6-14(16)17)12-18(23)20-10-9-13-5-1-3-7-15(13)20/h1-8,11H,9-10,12H2. The number of anilines is 1. The molecule has 1 aromatic heterocycles. The fourth-order valence-corrected chi connectivity index (χ4v) is 3.10. The van der Waals surface area contributed by atoms with Crippen LogP contribution in [0.4, 0.5) is 5.69 Å². The molecule has 0 unspecified atom stereocenters. The smallest absolute Gasteiger partial charge is 0.248 e. The van der Waals surface area contributed by atoms with Crippen molar-refractivity contribution in [2.24, 2.45) is 0 Å². The highest BCUT2D eigenvalue weighted by Gasteiger charge is 2.24. The summed E-state index contributed by atoms with van der Waals surface area (Å²) in [6, 6.07) is 15.2. The fraction of sp³-hybridized carbons (Fsp3) is 0.167. The fourth-order valence-electron chi connectivity index (χ4n) is 3.10. The van der Waals surface area contributed by atoms with Crippen LogP contribution in [0.5, 0.6) is 0 Å². The predicted molar refractivity (Wildman–Crippen MR) is 88.5 cm³/mol. The van der Waals surface area contributed by atoms with Crippen LogP contribution < -0.4 is 10.3 Å². The van der Waals surface area contributed by atoms with Gasteiger partial charge in [-0.05, 0) is 30.2 Å². The molecule has 0 fully saturated rings. The summed E-state index contributed by atoms with van der Waals surface area (Å²) in [6.45, 7) is 0.811. The number of benzene rings is 2. The van der Waals surface area contributed by atoms with Crippen LogP contribution >= 0.6 is 0 Å². The van der Waals surface area contributed by atoms with E-state index in [0.717, 1.165) is 12.1 Å². The van der Waals surface area contributed by atoms with E-state index in [4.69, 9.17) is 0 Å². The molecule has 2 aromatic carbocycles. The van der Waals surface area contributed by atoms with E-state index in [1.165, 1.54) is 11.8 Å². The van der Waals surface area contributed by atoms with Gasteiger partial charge in [-0.2, -0.15) is 5.10 Å². The number of hydrogen-bond acceptors (Lipinski definition) is 3. The molecule has 23 heavy (non-hydrogen) atoms.